The van der Waals surface area contributed by atoms with E-state index in [1.807, 2.05) is 6.92 Å². The van der Waals surface area contributed by atoms with Crippen LogP contribution in [0, 0.1) is 5.92 Å². The summed E-state index contributed by atoms with van der Waals surface area (Å²) in [6.45, 7) is 1.90. The van der Waals surface area contributed by atoms with Gasteiger partial charge in [0.15, 0.2) is 0 Å². The highest BCUT2D eigenvalue weighted by molar-refractivity contribution is 5.87. The Bertz CT molecular complexity index is 109. The number of methoxy groups -OCH3 is 1. The molecule has 1 rings (SSSR count). The van der Waals surface area contributed by atoms with Gasteiger partial charge in [-0.1, -0.05) is 6.92 Å². The number of rotatable bonds is 1. The average Bonchev–Trinajstić information content (AvgIpc) is 1.81. The summed E-state index contributed by atoms with van der Waals surface area (Å²) >= 11 is 0. The lowest BCUT2D eigenvalue weighted by molar-refractivity contribution is -0.141. The van der Waals surface area contributed by atoms with Crippen LogP contribution in [-0.4, -0.2) is 19.0 Å². The second-order valence-electron chi connectivity index (χ2n) is 2.23. The highest BCUT2D eigenvalue weighted by Crippen LogP contribution is 2.24. The first-order chi connectivity index (χ1) is 3.75. The van der Waals surface area contributed by atoms with Gasteiger partial charge in [-0.25, -0.2) is 0 Å². The van der Waals surface area contributed by atoms with Crippen LogP contribution < -0.4 is 0 Å². The number of carbonyl (C=O) groups is 1. The van der Waals surface area contributed by atoms with Crippen molar-refractivity contribution in [1.29, 1.82) is 0 Å². The van der Waals surface area contributed by atoms with Gasteiger partial charge in [-0.3, -0.25) is 4.79 Å². The predicted molar refractivity (Wildman–Crippen MR) is 29.6 cm³/mol. The fourth-order valence-corrected chi connectivity index (χ4v) is 0.895. The predicted octanol–water partition coefficient (Wildman–Crippen LogP) is 0.610. The van der Waals surface area contributed by atoms with Crippen molar-refractivity contribution in [2.45, 2.75) is 19.4 Å². The molecule has 0 bridgehead atoms. The van der Waals surface area contributed by atoms with Gasteiger partial charge in [0.1, 0.15) is 5.78 Å². The third kappa shape index (κ3) is 0.650. The quantitative estimate of drug-likeness (QED) is 0.499. The number of hydrogen-bond acceptors (Lipinski definition) is 2. The highest BCUT2D eigenvalue weighted by Gasteiger charge is 2.35. The van der Waals surface area contributed by atoms with Crippen LogP contribution in [0.25, 0.3) is 0 Å². The van der Waals surface area contributed by atoms with Gasteiger partial charge in [-0.15, -0.1) is 0 Å². The molecule has 0 aliphatic heterocycles. The monoisotopic (exact) mass is 114 g/mol. The van der Waals surface area contributed by atoms with Crippen LogP contribution >= 0.6 is 0 Å². The van der Waals surface area contributed by atoms with Crippen LogP contribution in [0.4, 0.5) is 0 Å². The molecular formula is C6H10O2. The van der Waals surface area contributed by atoms with Gasteiger partial charge < -0.3 is 4.74 Å². The largest absolute Gasteiger partial charge is 0.380 e. The van der Waals surface area contributed by atoms with Gasteiger partial charge >= 0.3 is 0 Å². The summed E-state index contributed by atoms with van der Waals surface area (Å²) in [5.41, 5.74) is 0. The molecule has 0 aromatic carbocycles. The summed E-state index contributed by atoms with van der Waals surface area (Å²) in [6.07, 6.45) is 0.833. The Balaban J connectivity index is 2.35. The van der Waals surface area contributed by atoms with Crippen molar-refractivity contribution in [3.8, 4) is 0 Å². The van der Waals surface area contributed by atoms with Crippen molar-refractivity contribution < 1.29 is 9.53 Å². The Morgan fingerprint density at radius 3 is 2.50 bits per heavy atom. The van der Waals surface area contributed by atoms with E-state index < -0.39 is 0 Å². The summed E-state index contributed by atoms with van der Waals surface area (Å²) in [6, 6.07) is 0. The van der Waals surface area contributed by atoms with E-state index in [1.54, 1.807) is 7.11 Å². The molecule has 2 atom stereocenters. The first-order valence-corrected chi connectivity index (χ1v) is 2.81. The lowest BCUT2D eigenvalue weighted by Crippen LogP contribution is -2.40. The SMILES string of the molecule is COC1CC(=O)[C@H]1C. The summed E-state index contributed by atoms with van der Waals surface area (Å²) in [7, 11) is 1.65. The molecule has 0 amide bonds. The van der Waals surface area contributed by atoms with E-state index in [0.717, 1.165) is 0 Å². The molecule has 1 aliphatic rings. The maximum absolute atomic E-state index is 10.5. The van der Waals surface area contributed by atoms with Gasteiger partial charge in [0.05, 0.1) is 6.10 Å². The van der Waals surface area contributed by atoms with Crippen molar-refractivity contribution in [1.82, 2.24) is 0 Å². The van der Waals surface area contributed by atoms with Gasteiger partial charge in [0.2, 0.25) is 0 Å². The Morgan fingerprint density at radius 1 is 1.75 bits per heavy atom. The fourth-order valence-electron chi connectivity index (χ4n) is 0.895. The van der Waals surface area contributed by atoms with E-state index in [2.05, 4.69) is 0 Å². The molecular weight excluding hydrogens is 104 g/mol. The zero-order chi connectivity index (χ0) is 6.15. The summed E-state index contributed by atoms with van der Waals surface area (Å²) in [4.78, 5) is 10.5. The van der Waals surface area contributed by atoms with Crippen LogP contribution in [0.15, 0.2) is 0 Å². The maximum atomic E-state index is 10.5. The number of ketones is 1. The number of hydrogen-bond donors (Lipinski definition) is 0. The molecule has 1 saturated carbocycles. The van der Waals surface area contributed by atoms with Crippen molar-refractivity contribution in [3.05, 3.63) is 0 Å². The van der Waals surface area contributed by atoms with Gasteiger partial charge in [0, 0.05) is 19.4 Å². The van der Waals surface area contributed by atoms with E-state index >= 15 is 0 Å². The Hall–Kier alpha value is -0.370. The molecule has 0 radical (unpaired) electrons. The van der Waals surface area contributed by atoms with Crippen LogP contribution in [0.1, 0.15) is 13.3 Å². The molecule has 2 nitrogen and oxygen atoms in total. The van der Waals surface area contributed by atoms with Crippen LogP contribution in [0.2, 0.25) is 0 Å². The molecule has 0 spiro atoms. The normalized spacial score (nSPS) is 37.0. The molecule has 1 fully saturated rings. The average molecular weight is 114 g/mol. The zero-order valence-electron chi connectivity index (χ0n) is 5.18. The maximum Gasteiger partial charge on any atom is 0.140 e. The van der Waals surface area contributed by atoms with E-state index in [4.69, 9.17) is 4.74 Å². The first kappa shape index (κ1) is 5.76. The smallest absolute Gasteiger partial charge is 0.140 e. The van der Waals surface area contributed by atoms with Gasteiger partial charge in [-0.2, -0.15) is 0 Å². The molecule has 46 valence electrons. The molecule has 0 heterocycles. The molecule has 2 heteroatoms. The number of Topliss-reactive ketones (excluding diaryl/α,β-unsaturated/α-hetero) is 1. The minimum atomic E-state index is 0.153. The Kier molecular flexibility index (Phi) is 1.34. The minimum absolute atomic E-state index is 0.153. The fraction of sp³-hybridized carbons (Fsp3) is 0.833. The molecule has 0 aromatic rings. The lowest BCUT2D eigenvalue weighted by atomic mass is 9.82. The van der Waals surface area contributed by atoms with Crippen molar-refractivity contribution >= 4 is 5.78 Å². The summed E-state index contributed by atoms with van der Waals surface area (Å²) in [5, 5.41) is 0. The molecule has 0 N–H and O–H groups in total. The Labute approximate surface area is 48.8 Å². The Morgan fingerprint density at radius 2 is 2.38 bits per heavy atom. The second kappa shape index (κ2) is 1.86. The van der Waals surface area contributed by atoms with E-state index in [9.17, 15) is 4.79 Å². The minimum Gasteiger partial charge on any atom is -0.380 e. The number of carbonyl (C=O) groups excluding carboxylic acids is 1. The number of ether oxygens (including phenoxy) is 1. The topological polar surface area (TPSA) is 26.3 Å². The van der Waals surface area contributed by atoms with E-state index in [-0.39, 0.29) is 12.0 Å². The standard InChI is InChI=1S/C6H10O2/c1-4-5(7)3-6(4)8-2/h4,6H,3H2,1-2H3/t4-,6?/m1/s1. The van der Waals surface area contributed by atoms with Crippen molar-refractivity contribution in [2.75, 3.05) is 7.11 Å². The zero-order valence-corrected chi connectivity index (χ0v) is 5.18. The lowest BCUT2D eigenvalue weighted by Gasteiger charge is -2.30. The van der Waals surface area contributed by atoms with Crippen LogP contribution in [0.5, 0.6) is 0 Å². The van der Waals surface area contributed by atoms with Gasteiger partial charge in [0.25, 0.3) is 0 Å². The molecule has 8 heavy (non-hydrogen) atoms. The van der Waals surface area contributed by atoms with E-state index in [0.29, 0.717) is 12.2 Å². The third-order valence-corrected chi connectivity index (χ3v) is 1.77. The second-order valence-corrected chi connectivity index (χ2v) is 2.23. The summed E-state index contributed by atoms with van der Waals surface area (Å²) in [5.74, 6) is 0.483. The van der Waals surface area contributed by atoms with E-state index in [1.165, 1.54) is 0 Å². The van der Waals surface area contributed by atoms with Crippen LogP contribution in [-0.2, 0) is 9.53 Å². The summed E-state index contributed by atoms with van der Waals surface area (Å²) < 4.78 is 4.95. The first-order valence-electron chi connectivity index (χ1n) is 2.81. The molecule has 1 unspecified atom stereocenters. The molecule has 0 saturated heterocycles. The molecule has 1 aliphatic carbocycles. The van der Waals surface area contributed by atoms with Crippen molar-refractivity contribution in [3.63, 3.8) is 0 Å². The van der Waals surface area contributed by atoms with Crippen molar-refractivity contribution in [2.24, 2.45) is 5.92 Å². The highest BCUT2D eigenvalue weighted by atomic mass is 16.5. The molecule has 0 aromatic heterocycles. The van der Waals surface area contributed by atoms with Crippen LogP contribution in [0.3, 0.4) is 0 Å². The van der Waals surface area contributed by atoms with Gasteiger partial charge in [-0.05, 0) is 0 Å². The third-order valence-electron chi connectivity index (χ3n) is 1.77.